The third kappa shape index (κ3) is 5.14. The number of likely N-dealkylation sites (N-methyl/N-ethyl adjacent to an activating group) is 1. The van der Waals surface area contributed by atoms with Crippen molar-refractivity contribution in [2.45, 2.75) is 6.92 Å². The van der Waals surface area contributed by atoms with Crippen LogP contribution in [-0.4, -0.2) is 44.5 Å². The number of anilines is 1. The Hall–Kier alpha value is -2.25. The van der Waals surface area contributed by atoms with Crippen molar-refractivity contribution < 1.29 is 19.1 Å². The number of benzene rings is 2. The first-order valence-electron chi connectivity index (χ1n) is 7.99. The number of amides is 2. The highest BCUT2D eigenvalue weighted by molar-refractivity contribution is 9.10. The lowest BCUT2D eigenvalue weighted by Gasteiger charge is -2.19. The summed E-state index contributed by atoms with van der Waals surface area (Å²) in [4.78, 5) is 26.3. The summed E-state index contributed by atoms with van der Waals surface area (Å²) >= 11 is 9.53. The number of nitrogens with zero attached hydrogens (tertiary/aromatic N) is 1. The third-order valence-corrected chi connectivity index (χ3v) is 4.64. The summed E-state index contributed by atoms with van der Waals surface area (Å²) in [5, 5.41) is 3.06. The van der Waals surface area contributed by atoms with Gasteiger partial charge in [0.1, 0.15) is 0 Å². The largest absolute Gasteiger partial charge is 0.493 e. The van der Waals surface area contributed by atoms with Crippen molar-refractivity contribution in [3.63, 3.8) is 0 Å². The van der Waals surface area contributed by atoms with Crippen LogP contribution in [0.3, 0.4) is 0 Å². The molecule has 0 bridgehead atoms. The molecule has 0 saturated heterocycles. The van der Waals surface area contributed by atoms with Crippen LogP contribution in [0, 0.1) is 6.92 Å². The lowest BCUT2D eigenvalue weighted by Crippen LogP contribution is -2.35. The van der Waals surface area contributed by atoms with Crippen molar-refractivity contribution in [3.8, 4) is 11.5 Å². The number of carbonyl (C=O) groups is 2. The van der Waals surface area contributed by atoms with Gasteiger partial charge in [0.15, 0.2) is 11.5 Å². The highest BCUT2D eigenvalue weighted by atomic mass is 79.9. The number of nitrogens with one attached hydrogen (secondary N) is 1. The molecule has 0 radical (unpaired) electrons. The van der Waals surface area contributed by atoms with Crippen molar-refractivity contribution >= 4 is 45.0 Å². The minimum Gasteiger partial charge on any atom is -0.493 e. The second-order valence-corrected chi connectivity index (χ2v) is 7.19. The predicted octanol–water partition coefficient (Wildman–Crippen LogP) is 4.14. The zero-order chi connectivity index (χ0) is 20.1. The van der Waals surface area contributed by atoms with Gasteiger partial charge in [-0.1, -0.05) is 27.5 Å². The number of hydrogen-bond donors (Lipinski definition) is 1. The van der Waals surface area contributed by atoms with Crippen molar-refractivity contribution in [3.05, 3.63) is 51.0 Å². The number of methoxy groups -OCH3 is 2. The van der Waals surface area contributed by atoms with Gasteiger partial charge in [0.05, 0.1) is 25.8 Å². The topological polar surface area (TPSA) is 67.9 Å². The lowest BCUT2D eigenvalue weighted by atomic mass is 10.1. The molecule has 2 rings (SSSR count). The van der Waals surface area contributed by atoms with E-state index in [1.165, 1.54) is 31.3 Å². The van der Waals surface area contributed by atoms with Gasteiger partial charge in [-0.05, 0) is 42.8 Å². The molecule has 0 fully saturated rings. The molecule has 0 aromatic heterocycles. The first-order valence-corrected chi connectivity index (χ1v) is 9.17. The molecular weight excluding hydrogens is 436 g/mol. The van der Waals surface area contributed by atoms with Gasteiger partial charge >= 0.3 is 0 Å². The van der Waals surface area contributed by atoms with Gasteiger partial charge in [-0.3, -0.25) is 9.59 Å². The van der Waals surface area contributed by atoms with E-state index in [2.05, 4.69) is 21.2 Å². The molecule has 0 spiro atoms. The average Bonchev–Trinajstić information content (AvgIpc) is 2.62. The normalized spacial score (nSPS) is 10.3. The molecule has 0 aliphatic heterocycles. The zero-order valence-corrected chi connectivity index (χ0v) is 17.8. The van der Waals surface area contributed by atoms with Crippen LogP contribution in [0.1, 0.15) is 15.9 Å². The first kappa shape index (κ1) is 21.1. The van der Waals surface area contributed by atoms with Crippen LogP contribution < -0.4 is 14.8 Å². The molecule has 2 aromatic carbocycles. The van der Waals surface area contributed by atoms with Crippen molar-refractivity contribution in [1.82, 2.24) is 4.90 Å². The highest BCUT2D eigenvalue weighted by Gasteiger charge is 2.19. The lowest BCUT2D eigenvalue weighted by molar-refractivity contribution is -0.116. The number of rotatable bonds is 6. The summed E-state index contributed by atoms with van der Waals surface area (Å²) in [5.41, 5.74) is 1.91. The Kier molecular flexibility index (Phi) is 7.10. The average molecular weight is 456 g/mol. The number of halogens is 2. The van der Waals surface area contributed by atoms with Crippen LogP contribution in [0.25, 0.3) is 0 Å². The quantitative estimate of drug-likeness (QED) is 0.711. The van der Waals surface area contributed by atoms with Gasteiger partial charge in [-0.15, -0.1) is 0 Å². The van der Waals surface area contributed by atoms with E-state index in [4.69, 9.17) is 21.1 Å². The molecule has 0 unspecified atom stereocenters. The molecule has 2 amide bonds. The number of aryl methyl sites for hydroxylation is 1. The van der Waals surface area contributed by atoms with Gasteiger partial charge in [0.2, 0.25) is 5.91 Å². The standard InChI is InChI=1S/C19H20BrClN2O4/c1-11-7-13(20)5-6-15(11)22-17(24)10-23(2)19(25)12-8-14(21)18(27-4)16(9-12)26-3/h5-9H,10H2,1-4H3,(H,22,24). The Morgan fingerprint density at radius 3 is 2.48 bits per heavy atom. The Labute approximate surface area is 171 Å². The van der Waals surface area contributed by atoms with E-state index in [0.717, 1.165) is 10.0 Å². The molecule has 27 heavy (non-hydrogen) atoms. The van der Waals surface area contributed by atoms with E-state index < -0.39 is 0 Å². The minimum atomic E-state index is -0.361. The molecule has 144 valence electrons. The van der Waals surface area contributed by atoms with E-state index in [-0.39, 0.29) is 23.4 Å². The van der Waals surface area contributed by atoms with E-state index in [9.17, 15) is 9.59 Å². The first-order chi connectivity index (χ1) is 12.8. The summed E-state index contributed by atoms with van der Waals surface area (Å²) in [6.45, 7) is 1.78. The molecule has 1 N–H and O–H groups in total. The Morgan fingerprint density at radius 2 is 1.89 bits per heavy atom. The summed E-state index contributed by atoms with van der Waals surface area (Å²) in [7, 11) is 4.47. The van der Waals surface area contributed by atoms with Crippen molar-refractivity contribution in [2.24, 2.45) is 0 Å². The van der Waals surface area contributed by atoms with E-state index in [1.54, 1.807) is 13.1 Å². The van der Waals surface area contributed by atoms with Gasteiger partial charge < -0.3 is 19.7 Å². The molecule has 0 saturated carbocycles. The Balaban J connectivity index is 2.11. The summed E-state index contributed by atoms with van der Waals surface area (Å²) < 4.78 is 11.3. The highest BCUT2D eigenvalue weighted by Crippen LogP contribution is 2.36. The van der Waals surface area contributed by atoms with Crippen molar-refractivity contribution in [1.29, 1.82) is 0 Å². The molecule has 0 atom stereocenters. The van der Waals surface area contributed by atoms with E-state index >= 15 is 0 Å². The van der Waals surface area contributed by atoms with Gasteiger partial charge in [-0.25, -0.2) is 0 Å². The molecule has 0 aliphatic rings. The van der Waals surface area contributed by atoms with Crippen LogP contribution >= 0.6 is 27.5 Å². The molecule has 0 aliphatic carbocycles. The Morgan fingerprint density at radius 1 is 1.19 bits per heavy atom. The molecular formula is C19H20BrClN2O4. The maximum absolute atomic E-state index is 12.6. The van der Waals surface area contributed by atoms with Crippen LogP contribution in [0.2, 0.25) is 5.02 Å². The summed E-state index contributed by atoms with van der Waals surface area (Å²) in [6, 6.07) is 8.55. The smallest absolute Gasteiger partial charge is 0.254 e. The van der Waals surface area contributed by atoms with E-state index in [1.807, 2.05) is 19.1 Å². The summed E-state index contributed by atoms with van der Waals surface area (Å²) in [6.07, 6.45) is 0. The number of carbonyl (C=O) groups excluding carboxylic acids is 2. The fourth-order valence-corrected chi connectivity index (χ4v) is 3.27. The number of hydrogen-bond acceptors (Lipinski definition) is 4. The fraction of sp³-hybridized carbons (Fsp3) is 0.263. The second kappa shape index (κ2) is 9.10. The number of ether oxygens (including phenoxy) is 2. The predicted molar refractivity (Wildman–Crippen MR) is 109 cm³/mol. The molecule has 2 aromatic rings. The maximum atomic E-state index is 12.6. The molecule has 0 heterocycles. The third-order valence-electron chi connectivity index (χ3n) is 3.87. The second-order valence-electron chi connectivity index (χ2n) is 5.86. The monoisotopic (exact) mass is 454 g/mol. The van der Waals surface area contributed by atoms with E-state index in [0.29, 0.717) is 22.7 Å². The summed E-state index contributed by atoms with van der Waals surface area (Å²) in [5.74, 6) is 0.0295. The van der Waals surface area contributed by atoms with Crippen LogP contribution in [0.15, 0.2) is 34.8 Å². The fourth-order valence-electron chi connectivity index (χ4n) is 2.51. The van der Waals surface area contributed by atoms with Crippen LogP contribution in [-0.2, 0) is 4.79 Å². The van der Waals surface area contributed by atoms with Gasteiger partial charge in [-0.2, -0.15) is 0 Å². The minimum absolute atomic E-state index is 0.111. The van der Waals surface area contributed by atoms with Crippen LogP contribution in [0.4, 0.5) is 5.69 Å². The van der Waals surface area contributed by atoms with Crippen LogP contribution in [0.5, 0.6) is 11.5 Å². The van der Waals surface area contributed by atoms with Crippen molar-refractivity contribution in [2.75, 3.05) is 33.1 Å². The maximum Gasteiger partial charge on any atom is 0.254 e. The molecule has 6 nitrogen and oxygen atoms in total. The van der Waals surface area contributed by atoms with Gasteiger partial charge in [0, 0.05) is 22.8 Å². The SMILES string of the molecule is COc1cc(C(=O)N(C)CC(=O)Nc2ccc(Br)cc2C)cc(Cl)c1OC. The van der Waals surface area contributed by atoms with Gasteiger partial charge in [0.25, 0.3) is 5.91 Å². The molecule has 8 heteroatoms. The zero-order valence-electron chi connectivity index (χ0n) is 15.4. The Bertz CT molecular complexity index is 873.